The standard InChI is InChI=1S/C18H28N2OS.2C2HF3O2/c1-19-9-16(12-21-11-15-4-5-15)18(13-19)6-7-20(14-18)10-17-3-2-8-22-17;2*3-2(4,5)1(6)7/h2-3,8,15-16H,4-7,9-14H2,1H3;2*(H,6,7)/t16-,18+;;/m0../s1. The fraction of sp³-hybridized carbons (Fsp3) is 0.727. The largest absolute Gasteiger partial charge is 0.490 e. The second kappa shape index (κ2) is 12.6. The third-order valence-corrected chi connectivity index (χ3v) is 7.12. The van der Waals surface area contributed by atoms with Gasteiger partial charge in [-0.15, -0.1) is 11.3 Å². The zero-order valence-corrected chi connectivity index (χ0v) is 20.5. The molecule has 7 nitrogen and oxygen atoms in total. The minimum atomic E-state index is -5.08. The Kier molecular flexibility index (Phi) is 10.6. The first-order chi connectivity index (χ1) is 16.6. The number of hydrogen-bond acceptors (Lipinski definition) is 6. The summed E-state index contributed by atoms with van der Waals surface area (Å²) in [5.41, 5.74) is 0.482. The molecule has 4 rings (SSSR count). The first-order valence-electron chi connectivity index (χ1n) is 11.2. The van der Waals surface area contributed by atoms with E-state index in [1.165, 1.54) is 50.3 Å². The molecule has 2 N–H and O–H groups in total. The number of carbonyl (C=O) groups is 2. The lowest BCUT2D eigenvalue weighted by Gasteiger charge is -2.30. The Morgan fingerprint density at radius 2 is 1.67 bits per heavy atom. The highest BCUT2D eigenvalue weighted by Crippen LogP contribution is 2.44. The molecule has 2 saturated heterocycles. The molecule has 0 bridgehead atoms. The fourth-order valence-corrected chi connectivity index (χ4v) is 5.14. The van der Waals surface area contributed by atoms with Crippen molar-refractivity contribution >= 4 is 23.3 Å². The molecular formula is C22H30F6N2O5S. The van der Waals surface area contributed by atoms with E-state index in [2.05, 4.69) is 34.4 Å². The Morgan fingerprint density at radius 3 is 2.14 bits per heavy atom. The van der Waals surface area contributed by atoms with Crippen molar-refractivity contribution in [1.82, 2.24) is 9.80 Å². The second-order valence-corrected chi connectivity index (χ2v) is 10.4. The Bertz CT molecular complexity index is 823. The maximum absolute atomic E-state index is 10.6. The minimum Gasteiger partial charge on any atom is -0.475 e. The quantitative estimate of drug-likeness (QED) is 0.516. The molecule has 3 heterocycles. The Morgan fingerprint density at radius 1 is 1.08 bits per heavy atom. The molecule has 1 saturated carbocycles. The molecule has 1 aromatic rings. The third-order valence-electron chi connectivity index (χ3n) is 6.26. The van der Waals surface area contributed by atoms with Crippen LogP contribution in [0.15, 0.2) is 17.5 Å². The van der Waals surface area contributed by atoms with Crippen molar-refractivity contribution < 1.29 is 50.9 Å². The van der Waals surface area contributed by atoms with Crippen molar-refractivity contribution in [3.63, 3.8) is 0 Å². The van der Waals surface area contributed by atoms with Crippen LogP contribution in [-0.4, -0.2) is 90.7 Å². The summed E-state index contributed by atoms with van der Waals surface area (Å²) in [7, 11) is 2.28. The van der Waals surface area contributed by atoms with Gasteiger partial charge in [0.15, 0.2) is 0 Å². The third kappa shape index (κ3) is 9.87. The average Bonchev–Trinajstić information content (AvgIpc) is 3.13. The van der Waals surface area contributed by atoms with Crippen LogP contribution in [0, 0.1) is 17.3 Å². The topological polar surface area (TPSA) is 90.3 Å². The van der Waals surface area contributed by atoms with E-state index in [9.17, 15) is 26.3 Å². The van der Waals surface area contributed by atoms with Crippen LogP contribution in [0.3, 0.4) is 0 Å². The molecule has 36 heavy (non-hydrogen) atoms. The number of alkyl halides is 6. The lowest BCUT2D eigenvalue weighted by molar-refractivity contribution is -0.193. The predicted octanol–water partition coefficient (Wildman–Crippen LogP) is 4.20. The zero-order chi connectivity index (χ0) is 27.1. The monoisotopic (exact) mass is 548 g/mol. The normalized spacial score (nSPS) is 24.7. The van der Waals surface area contributed by atoms with E-state index in [1.54, 1.807) is 0 Å². The molecule has 1 spiro atoms. The van der Waals surface area contributed by atoms with E-state index in [0.29, 0.717) is 5.41 Å². The Labute approximate surface area is 208 Å². The van der Waals surface area contributed by atoms with Crippen LogP contribution in [0.1, 0.15) is 24.1 Å². The molecule has 0 unspecified atom stereocenters. The van der Waals surface area contributed by atoms with Gasteiger partial charge in [0, 0.05) is 49.0 Å². The van der Waals surface area contributed by atoms with Gasteiger partial charge in [-0.2, -0.15) is 26.3 Å². The summed E-state index contributed by atoms with van der Waals surface area (Å²) in [6.45, 7) is 8.11. The zero-order valence-electron chi connectivity index (χ0n) is 19.6. The summed E-state index contributed by atoms with van der Waals surface area (Å²) in [5.74, 6) is -3.90. The molecule has 0 amide bonds. The number of carboxylic acids is 2. The predicted molar refractivity (Wildman–Crippen MR) is 119 cm³/mol. The number of ether oxygens (including phenoxy) is 1. The number of rotatable bonds is 6. The van der Waals surface area contributed by atoms with Gasteiger partial charge >= 0.3 is 24.3 Å². The van der Waals surface area contributed by atoms with Crippen molar-refractivity contribution in [3.05, 3.63) is 22.4 Å². The van der Waals surface area contributed by atoms with Crippen molar-refractivity contribution in [1.29, 1.82) is 0 Å². The van der Waals surface area contributed by atoms with Gasteiger partial charge in [0.1, 0.15) is 0 Å². The molecule has 2 aliphatic heterocycles. The van der Waals surface area contributed by atoms with Crippen LogP contribution >= 0.6 is 11.3 Å². The average molecular weight is 549 g/mol. The Balaban J connectivity index is 0.000000271. The van der Waals surface area contributed by atoms with Crippen LogP contribution < -0.4 is 0 Å². The van der Waals surface area contributed by atoms with Gasteiger partial charge in [-0.3, -0.25) is 4.90 Å². The molecule has 3 fully saturated rings. The van der Waals surface area contributed by atoms with Gasteiger partial charge in [-0.25, -0.2) is 9.59 Å². The number of likely N-dealkylation sites (tertiary alicyclic amines) is 2. The highest BCUT2D eigenvalue weighted by molar-refractivity contribution is 7.09. The smallest absolute Gasteiger partial charge is 0.475 e. The summed E-state index contributed by atoms with van der Waals surface area (Å²) in [4.78, 5) is 24.5. The molecule has 3 aliphatic rings. The van der Waals surface area contributed by atoms with Gasteiger partial charge in [0.25, 0.3) is 0 Å². The highest BCUT2D eigenvalue weighted by Gasteiger charge is 2.49. The molecule has 206 valence electrons. The SMILES string of the molecule is CN1C[C@@H](COCC2CC2)[C@]2(CCN(Cc3cccs3)C2)C1.O=C(O)C(F)(F)F.O=C(O)C(F)(F)F. The number of aliphatic carboxylic acids is 2. The molecule has 14 heteroatoms. The Hall–Kier alpha value is -1.90. The van der Waals surface area contributed by atoms with E-state index in [0.717, 1.165) is 31.6 Å². The number of thiophene rings is 1. The summed E-state index contributed by atoms with van der Waals surface area (Å²) in [5, 5.41) is 16.4. The number of halogens is 6. The second-order valence-electron chi connectivity index (χ2n) is 9.38. The van der Waals surface area contributed by atoms with Gasteiger partial charge in [-0.05, 0) is 50.2 Å². The van der Waals surface area contributed by atoms with E-state index in [-0.39, 0.29) is 0 Å². The highest BCUT2D eigenvalue weighted by atomic mass is 32.1. The van der Waals surface area contributed by atoms with E-state index < -0.39 is 24.3 Å². The van der Waals surface area contributed by atoms with E-state index in [1.807, 2.05) is 11.3 Å². The first-order valence-corrected chi connectivity index (χ1v) is 12.1. The van der Waals surface area contributed by atoms with Crippen LogP contribution in [0.25, 0.3) is 0 Å². The van der Waals surface area contributed by atoms with Gasteiger partial charge < -0.3 is 19.8 Å². The lowest BCUT2D eigenvalue weighted by atomic mass is 9.77. The van der Waals surface area contributed by atoms with Crippen LogP contribution in [0.4, 0.5) is 26.3 Å². The molecule has 1 aromatic heterocycles. The first kappa shape index (κ1) is 30.3. The molecule has 2 atom stereocenters. The van der Waals surface area contributed by atoms with Crippen molar-refractivity contribution in [3.8, 4) is 0 Å². The van der Waals surface area contributed by atoms with Crippen LogP contribution in [0.2, 0.25) is 0 Å². The summed E-state index contributed by atoms with van der Waals surface area (Å²) >= 11 is 1.89. The van der Waals surface area contributed by atoms with Crippen LogP contribution in [0.5, 0.6) is 0 Å². The van der Waals surface area contributed by atoms with Crippen molar-refractivity contribution in [2.45, 2.75) is 38.2 Å². The van der Waals surface area contributed by atoms with E-state index in [4.69, 9.17) is 24.5 Å². The maximum Gasteiger partial charge on any atom is 0.490 e. The van der Waals surface area contributed by atoms with Crippen molar-refractivity contribution in [2.24, 2.45) is 17.3 Å². The number of carboxylic acid groups (broad SMARTS) is 2. The number of hydrogen-bond donors (Lipinski definition) is 2. The summed E-state index contributed by atoms with van der Waals surface area (Å²) < 4.78 is 69.5. The summed E-state index contributed by atoms with van der Waals surface area (Å²) in [6.07, 6.45) is -6.03. The van der Waals surface area contributed by atoms with Gasteiger partial charge in [0.2, 0.25) is 0 Å². The molecule has 0 aromatic carbocycles. The van der Waals surface area contributed by atoms with Crippen molar-refractivity contribution in [2.75, 3.05) is 46.4 Å². The summed E-state index contributed by atoms with van der Waals surface area (Å²) in [6, 6.07) is 4.44. The fourth-order valence-electron chi connectivity index (χ4n) is 4.40. The van der Waals surface area contributed by atoms with Gasteiger partial charge in [-0.1, -0.05) is 6.07 Å². The van der Waals surface area contributed by atoms with E-state index >= 15 is 0 Å². The molecular weight excluding hydrogens is 518 g/mol. The number of nitrogens with zero attached hydrogens (tertiary/aromatic N) is 2. The minimum absolute atomic E-state index is 0.482. The molecule has 1 aliphatic carbocycles. The van der Waals surface area contributed by atoms with Crippen LogP contribution in [-0.2, 0) is 20.9 Å². The lowest BCUT2D eigenvalue weighted by Crippen LogP contribution is -2.36. The maximum atomic E-state index is 10.6. The van der Waals surface area contributed by atoms with Gasteiger partial charge in [0.05, 0.1) is 6.61 Å². The molecule has 0 radical (unpaired) electrons.